The molecule has 0 atom stereocenters. The van der Waals surface area contributed by atoms with Gasteiger partial charge in [0.1, 0.15) is 29.8 Å². The van der Waals surface area contributed by atoms with Crippen molar-refractivity contribution in [1.82, 2.24) is 0 Å². The van der Waals surface area contributed by atoms with E-state index in [1.807, 2.05) is 24.3 Å². The fourth-order valence-electron chi connectivity index (χ4n) is 3.49. The van der Waals surface area contributed by atoms with Crippen molar-refractivity contribution in [3.05, 3.63) is 47.5 Å². The standard InChI is InChI=1S/C28H44O5S/c1-27(2,3)24-18-22(19-25(26(24)29)28(4,5)6)33-20-34(8,9)23-12-10-21(11-13-23)32-17-16-31-15-14-30-7/h10-13,18-19,29H,14-17,20H2,1-9H3. The molecule has 0 aliphatic carbocycles. The van der Waals surface area contributed by atoms with Crippen LogP contribution in [0.5, 0.6) is 17.2 Å². The van der Waals surface area contributed by atoms with Crippen LogP contribution in [0, 0.1) is 0 Å². The first kappa shape index (κ1) is 28.3. The van der Waals surface area contributed by atoms with Crippen LogP contribution in [0.1, 0.15) is 52.7 Å². The molecule has 0 aliphatic heterocycles. The molecule has 5 nitrogen and oxygen atoms in total. The van der Waals surface area contributed by atoms with Gasteiger partial charge in [0.25, 0.3) is 0 Å². The van der Waals surface area contributed by atoms with Crippen LogP contribution in [0.15, 0.2) is 41.3 Å². The maximum Gasteiger partial charge on any atom is 0.123 e. The van der Waals surface area contributed by atoms with Crippen molar-refractivity contribution < 1.29 is 24.1 Å². The monoisotopic (exact) mass is 492 g/mol. The van der Waals surface area contributed by atoms with Gasteiger partial charge in [-0.25, -0.2) is 0 Å². The van der Waals surface area contributed by atoms with Crippen LogP contribution < -0.4 is 9.47 Å². The van der Waals surface area contributed by atoms with Crippen LogP contribution in [0.2, 0.25) is 0 Å². The number of phenolic OH excluding ortho intramolecular Hbond substituents is 1. The summed E-state index contributed by atoms with van der Waals surface area (Å²) in [5.74, 6) is 2.61. The zero-order chi connectivity index (χ0) is 25.6. The summed E-state index contributed by atoms with van der Waals surface area (Å²) in [6.45, 7) is 14.9. The highest BCUT2D eigenvalue weighted by Gasteiger charge is 2.27. The fourth-order valence-corrected chi connectivity index (χ4v) is 4.92. The van der Waals surface area contributed by atoms with Crippen LogP contribution in [0.3, 0.4) is 0 Å². The molecular formula is C28H44O5S. The summed E-state index contributed by atoms with van der Waals surface area (Å²) >= 11 is 0. The summed E-state index contributed by atoms with van der Waals surface area (Å²) in [7, 11) is 0.463. The van der Waals surface area contributed by atoms with Gasteiger partial charge in [-0.15, -0.1) is 0 Å². The Bertz CT molecular complexity index is 873. The van der Waals surface area contributed by atoms with Crippen molar-refractivity contribution in [2.75, 3.05) is 52.0 Å². The summed E-state index contributed by atoms with van der Waals surface area (Å²) in [5, 5.41) is 11.0. The third-order valence-corrected chi connectivity index (χ3v) is 7.87. The normalized spacial score (nSPS) is 13.1. The third-order valence-electron chi connectivity index (χ3n) is 5.61. The summed E-state index contributed by atoms with van der Waals surface area (Å²) < 4.78 is 22.5. The molecule has 0 fully saturated rings. The first-order valence-electron chi connectivity index (χ1n) is 11.8. The Balaban J connectivity index is 2.08. The molecule has 0 amide bonds. The van der Waals surface area contributed by atoms with Crippen molar-refractivity contribution in [3.63, 3.8) is 0 Å². The molecule has 2 aromatic rings. The van der Waals surface area contributed by atoms with Gasteiger partial charge in [-0.05, 0) is 64.6 Å². The summed E-state index contributed by atoms with van der Waals surface area (Å²) in [5.41, 5.74) is 1.46. The van der Waals surface area contributed by atoms with E-state index in [0.717, 1.165) is 22.6 Å². The van der Waals surface area contributed by atoms with Gasteiger partial charge in [0.2, 0.25) is 0 Å². The second-order valence-electron chi connectivity index (χ2n) is 11.1. The zero-order valence-corrected chi connectivity index (χ0v) is 23.3. The highest BCUT2D eigenvalue weighted by atomic mass is 32.3. The summed E-state index contributed by atoms with van der Waals surface area (Å²) in [6, 6.07) is 12.2. The fraction of sp³-hybridized carbons (Fsp3) is 0.571. The largest absolute Gasteiger partial charge is 0.507 e. The Hall–Kier alpha value is -1.89. The van der Waals surface area contributed by atoms with E-state index in [4.69, 9.17) is 18.9 Å². The Morgan fingerprint density at radius 1 is 0.735 bits per heavy atom. The van der Waals surface area contributed by atoms with Crippen molar-refractivity contribution >= 4 is 10.0 Å². The van der Waals surface area contributed by atoms with E-state index in [1.165, 1.54) is 4.90 Å². The molecule has 2 rings (SSSR count). The molecular weight excluding hydrogens is 448 g/mol. The number of phenols is 1. The smallest absolute Gasteiger partial charge is 0.123 e. The predicted octanol–water partition coefficient (Wildman–Crippen LogP) is 6.49. The van der Waals surface area contributed by atoms with Gasteiger partial charge in [-0.1, -0.05) is 41.5 Å². The lowest BCUT2D eigenvalue weighted by atomic mass is 9.79. The minimum atomic E-state index is -1.20. The van der Waals surface area contributed by atoms with E-state index in [-0.39, 0.29) is 10.8 Å². The molecule has 0 saturated heterocycles. The highest BCUT2D eigenvalue weighted by molar-refractivity contribution is 8.32. The van der Waals surface area contributed by atoms with E-state index in [9.17, 15) is 5.11 Å². The van der Waals surface area contributed by atoms with Gasteiger partial charge in [0.15, 0.2) is 0 Å². The number of methoxy groups -OCH3 is 1. The molecule has 2 aromatic carbocycles. The first-order chi connectivity index (χ1) is 15.8. The molecule has 6 heteroatoms. The molecule has 192 valence electrons. The molecule has 0 aliphatic rings. The minimum Gasteiger partial charge on any atom is -0.507 e. The van der Waals surface area contributed by atoms with E-state index < -0.39 is 10.0 Å². The number of benzene rings is 2. The molecule has 0 bridgehead atoms. The number of aromatic hydroxyl groups is 1. The first-order valence-corrected chi connectivity index (χ1v) is 14.4. The lowest BCUT2D eigenvalue weighted by molar-refractivity contribution is 0.0544. The second kappa shape index (κ2) is 11.7. The van der Waals surface area contributed by atoms with Gasteiger partial charge in [0, 0.05) is 18.2 Å². The van der Waals surface area contributed by atoms with Crippen molar-refractivity contribution in [2.24, 2.45) is 0 Å². The third kappa shape index (κ3) is 8.10. The Kier molecular flexibility index (Phi) is 9.75. The minimum absolute atomic E-state index is 0.184. The van der Waals surface area contributed by atoms with Gasteiger partial charge < -0.3 is 24.1 Å². The van der Waals surface area contributed by atoms with Crippen LogP contribution in [-0.4, -0.2) is 57.1 Å². The number of hydrogen-bond acceptors (Lipinski definition) is 5. The maximum atomic E-state index is 11.0. The SMILES string of the molecule is COCCOCCOc1ccc(S(C)(C)COc2cc(C(C)(C)C)c(O)c(C(C)(C)C)c2)cc1. The molecule has 1 N–H and O–H groups in total. The summed E-state index contributed by atoms with van der Waals surface area (Å²) in [4.78, 5) is 1.25. The number of ether oxygens (including phenoxy) is 4. The Labute approximate surface area is 208 Å². The second-order valence-corrected chi connectivity index (χ2v) is 14.9. The lowest BCUT2D eigenvalue weighted by Crippen LogP contribution is -2.18. The molecule has 0 aromatic heterocycles. The molecule has 0 saturated carbocycles. The van der Waals surface area contributed by atoms with E-state index >= 15 is 0 Å². The molecule has 34 heavy (non-hydrogen) atoms. The lowest BCUT2D eigenvalue weighted by Gasteiger charge is -2.33. The average Bonchev–Trinajstić information content (AvgIpc) is 2.74. The maximum absolute atomic E-state index is 11.0. The van der Waals surface area contributed by atoms with Gasteiger partial charge in [-0.2, -0.15) is 10.0 Å². The van der Waals surface area contributed by atoms with Gasteiger partial charge in [0.05, 0.1) is 19.8 Å². The van der Waals surface area contributed by atoms with Crippen molar-refractivity contribution in [3.8, 4) is 17.2 Å². The van der Waals surface area contributed by atoms with Crippen LogP contribution in [0.25, 0.3) is 0 Å². The van der Waals surface area contributed by atoms with Crippen molar-refractivity contribution in [1.29, 1.82) is 0 Å². The highest BCUT2D eigenvalue weighted by Crippen LogP contribution is 2.50. The van der Waals surface area contributed by atoms with E-state index in [0.29, 0.717) is 38.1 Å². The summed E-state index contributed by atoms with van der Waals surface area (Å²) in [6.07, 6.45) is 4.50. The topological polar surface area (TPSA) is 57.2 Å². The van der Waals surface area contributed by atoms with Gasteiger partial charge in [-0.3, -0.25) is 0 Å². The molecule has 0 radical (unpaired) electrons. The van der Waals surface area contributed by atoms with E-state index in [2.05, 4.69) is 66.2 Å². The van der Waals surface area contributed by atoms with E-state index in [1.54, 1.807) is 7.11 Å². The number of rotatable bonds is 11. The molecule has 0 unspecified atom stereocenters. The Morgan fingerprint density at radius 2 is 1.26 bits per heavy atom. The average molecular weight is 493 g/mol. The number of hydrogen-bond donors (Lipinski definition) is 1. The Morgan fingerprint density at radius 3 is 1.76 bits per heavy atom. The zero-order valence-electron chi connectivity index (χ0n) is 22.5. The van der Waals surface area contributed by atoms with Crippen LogP contribution in [-0.2, 0) is 20.3 Å². The van der Waals surface area contributed by atoms with Crippen LogP contribution >= 0.6 is 10.0 Å². The predicted molar refractivity (Wildman–Crippen MR) is 143 cm³/mol. The van der Waals surface area contributed by atoms with Crippen LogP contribution in [0.4, 0.5) is 0 Å². The van der Waals surface area contributed by atoms with Crippen molar-refractivity contribution in [2.45, 2.75) is 57.3 Å². The quantitative estimate of drug-likeness (QED) is 0.363. The molecule has 0 heterocycles. The van der Waals surface area contributed by atoms with Gasteiger partial charge >= 0.3 is 0 Å². The molecule has 0 spiro atoms.